The van der Waals surface area contributed by atoms with Crippen LogP contribution in [-0.2, 0) is 9.53 Å². The Hall–Kier alpha value is -3.39. The van der Waals surface area contributed by atoms with Gasteiger partial charge >= 0.3 is 6.09 Å². The Kier molecular flexibility index (Phi) is 6.08. The second-order valence-electron chi connectivity index (χ2n) is 5.57. The molecule has 0 aromatic heterocycles. The maximum Gasteiger partial charge on any atom is 0.414 e. The Bertz CT molecular complexity index is 834. The summed E-state index contributed by atoms with van der Waals surface area (Å²) in [7, 11) is 0. The zero-order valence-corrected chi connectivity index (χ0v) is 14.0. The number of ether oxygens (including phenoxy) is 1. The molecule has 0 aliphatic rings. The standard InChI is InChI=1S/C20H18N2O3/c1-14(2)25-20(24)22-19(23)18(13-21)12-15-7-6-10-17(11-15)16-8-4-3-5-9-16/h3-12,14H,1-2H3,(H,22,23,24). The molecular formula is C20H18N2O3. The van der Waals surface area contributed by atoms with E-state index in [0.717, 1.165) is 11.1 Å². The van der Waals surface area contributed by atoms with Gasteiger partial charge in [0.2, 0.25) is 0 Å². The zero-order valence-electron chi connectivity index (χ0n) is 14.0. The number of rotatable bonds is 4. The molecule has 5 heteroatoms. The van der Waals surface area contributed by atoms with E-state index in [9.17, 15) is 14.9 Å². The van der Waals surface area contributed by atoms with E-state index in [-0.39, 0.29) is 11.7 Å². The maximum atomic E-state index is 12.0. The number of hydrogen-bond donors (Lipinski definition) is 1. The lowest BCUT2D eigenvalue weighted by molar-refractivity contribution is -0.116. The molecule has 0 saturated carbocycles. The van der Waals surface area contributed by atoms with E-state index in [0.29, 0.717) is 5.56 Å². The van der Waals surface area contributed by atoms with Crippen LogP contribution in [0.3, 0.4) is 0 Å². The number of nitrogens with zero attached hydrogens (tertiary/aromatic N) is 1. The average Bonchev–Trinajstić information content (AvgIpc) is 2.59. The molecule has 5 nitrogen and oxygen atoms in total. The van der Waals surface area contributed by atoms with Gasteiger partial charge in [0, 0.05) is 0 Å². The van der Waals surface area contributed by atoms with Crippen molar-refractivity contribution in [1.29, 1.82) is 5.26 Å². The van der Waals surface area contributed by atoms with Gasteiger partial charge in [-0.05, 0) is 42.7 Å². The summed E-state index contributed by atoms with van der Waals surface area (Å²) in [5, 5.41) is 11.2. The molecule has 0 atom stereocenters. The van der Waals surface area contributed by atoms with Crippen LogP contribution in [0.15, 0.2) is 60.2 Å². The molecule has 0 heterocycles. The molecule has 0 aliphatic heterocycles. The number of hydrogen-bond acceptors (Lipinski definition) is 4. The van der Waals surface area contributed by atoms with E-state index in [4.69, 9.17) is 4.74 Å². The third kappa shape index (κ3) is 5.33. The van der Waals surface area contributed by atoms with E-state index in [1.54, 1.807) is 19.9 Å². The third-order valence-electron chi connectivity index (χ3n) is 3.23. The SMILES string of the molecule is CC(C)OC(=O)NC(=O)C(C#N)=Cc1cccc(-c2ccccc2)c1. The maximum absolute atomic E-state index is 12.0. The summed E-state index contributed by atoms with van der Waals surface area (Å²) >= 11 is 0. The Balaban J connectivity index is 2.21. The van der Waals surface area contributed by atoms with E-state index in [1.807, 2.05) is 59.9 Å². The Morgan fingerprint density at radius 2 is 1.76 bits per heavy atom. The fourth-order valence-electron chi connectivity index (χ4n) is 2.16. The molecule has 2 aromatic rings. The molecule has 0 unspecified atom stereocenters. The first-order valence-electron chi connectivity index (χ1n) is 7.79. The van der Waals surface area contributed by atoms with Gasteiger partial charge in [-0.25, -0.2) is 4.79 Å². The van der Waals surface area contributed by atoms with Gasteiger partial charge in [-0.2, -0.15) is 5.26 Å². The fraction of sp³-hybridized carbons (Fsp3) is 0.150. The largest absolute Gasteiger partial charge is 0.447 e. The Labute approximate surface area is 146 Å². The Morgan fingerprint density at radius 1 is 1.08 bits per heavy atom. The minimum absolute atomic E-state index is 0.175. The van der Waals surface area contributed by atoms with Crippen molar-refractivity contribution in [2.24, 2.45) is 0 Å². The highest BCUT2D eigenvalue weighted by atomic mass is 16.6. The molecule has 25 heavy (non-hydrogen) atoms. The number of carbonyl (C=O) groups is 2. The number of nitriles is 1. The van der Waals surface area contributed by atoms with Gasteiger partial charge in [-0.15, -0.1) is 0 Å². The van der Waals surface area contributed by atoms with Gasteiger partial charge in [0.1, 0.15) is 11.6 Å². The second kappa shape index (κ2) is 8.46. The normalized spacial score (nSPS) is 10.9. The van der Waals surface area contributed by atoms with E-state index in [1.165, 1.54) is 6.08 Å². The molecule has 0 bridgehead atoms. The predicted octanol–water partition coefficient (Wildman–Crippen LogP) is 3.92. The highest BCUT2D eigenvalue weighted by Crippen LogP contribution is 2.21. The van der Waals surface area contributed by atoms with Crippen LogP contribution in [0.2, 0.25) is 0 Å². The summed E-state index contributed by atoms with van der Waals surface area (Å²) in [5.41, 5.74) is 2.50. The molecule has 0 fully saturated rings. The highest BCUT2D eigenvalue weighted by molar-refractivity contribution is 6.08. The van der Waals surface area contributed by atoms with Crippen molar-refractivity contribution in [3.63, 3.8) is 0 Å². The van der Waals surface area contributed by atoms with Crippen LogP contribution in [0.5, 0.6) is 0 Å². The summed E-state index contributed by atoms with van der Waals surface area (Å²) in [6.45, 7) is 3.33. The molecule has 0 spiro atoms. The molecular weight excluding hydrogens is 316 g/mol. The molecule has 2 rings (SSSR count). The van der Waals surface area contributed by atoms with E-state index in [2.05, 4.69) is 0 Å². The van der Waals surface area contributed by atoms with Crippen molar-refractivity contribution in [1.82, 2.24) is 5.32 Å². The van der Waals surface area contributed by atoms with E-state index >= 15 is 0 Å². The number of alkyl carbamates (subject to hydrolysis) is 1. The molecule has 126 valence electrons. The number of carbonyl (C=O) groups excluding carboxylic acids is 2. The minimum atomic E-state index is -0.876. The Morgan fingerprint density at radius 3 is 2.40 bits per heavy atom. The summed E-state index contributed by atoms with van der Waals surface area (Å²) in [5.74, 6) is -0.793. The first kappa shape index (κ1) is 18.0. The van der Waals surface area contributed by atoms with Crippen molar-refractivity contribution >= 4 is 18.1 Å². The lowest BCUT2D eigenvalue weighted by Gasteiger charge is -2.08. The molecule has 1 N–H and O–H groups in total. The lowest BCUT2D eigenvalue weighted by Crippen LogP contribution is -2.33. The smallest absolute Gasteiger partial charge is 0.414 e. The third-order valence-corrected chi connectivity index (χ3v) is 3.23. The first-order chi connectivity index (χ1) is 12.0. The van der Waals surface area contributed by atoms with Crippen molar-refractivity contribution in [3.8, 4) is 17.2 Å². The topological polar surface area (TPSA) is 79.2 Å². The van der Waals surface area contributed by atoms with Gasteiger partial charge in [0.15, 0.2) is 0 Å². The molecule has 0 aliphatic carbocycles. The number of imide groups is 1. The zero-order chi connectivity index (χ0) is 18.2. The number of amides is 2. The summed E-state index contributed by atoms with van der Waals surface area (Å²) in [4.78, 5) is 23.5. The van der Waals surface area contributed by atoms with Crippen LogP contribution in [-0.4, -0.2) is 18.1 Å². The number of benzene rings is 2. The minimum Gasteiger partial charge on any atom is -0.447 e. The summed E-state index contributed by atoms with van der Waals surface area (Å²) in [6.07, 6.45) is 0.203. The highest BCUT2D eigenvalue weighted by Gasteiger charge is 2.15. The van der Waals surface area contributed by atoms with Gasteiger partial charge in [-0.1, -0.05) is 48.5 Å². The van der Waals surface area contributed by atoms with Crippen LogP contribution in [0.1, 0.15) is 19.4 Å². The monoisotopic (exact) mass is 334 g/mol. The van der Waals surface area contributed by atoms with Crippen molar-refractivity contribution < 1.29 is 14.3 Å². The van der Waals surface area contributed by atoms with Gasteiger partial charge in [0.05, 0.1) is 6.10 Å². The van der Waals surface area contributed by atoms with Crippen LogP contribution in [0.25, 0.3) is 17.2 Å². The quantitative estimate of drug-likeness (QED) is 0.679. The molecule has 0 radical (unpaired) electrons. The summed E-state index contributed by atoms with van der Waals surface area (Å²) < 4.78 is 4.84. The van der Waals surface area contributed by atoms with Gasteiger partial charge < -0.3 is 4.74 Å². The summed E-state index contributed by atoms with van der Waals surface area (Å²) in [6, 6.07) is 19.0. The second-order valence-corrected chi connectivity index (χ2v) is 5.57. The first-order valence-corrected chi connectivity index (χ1v) is 7.79. The molecule has 0 saturated heterocycles. The molecule has 2 amide bonds. The van der Waals surface area contributed by atoms with Crippen molar-refractivity contribution in [2.75, 3.05) is 0 Å². The fourth-order valence-corrected chi connectivity index (χ4v) is 2.16. The van der Waals surface area contributed by atoms with Crippen LogP contribution in [0.4, 0.5) is 4.79 Å². The predicted molar refractivity (Wildman–Crippen MR) is 95.2 cm³/mol. The molecule has 2 aromatic carbocycles. The average molecular weight is 334 g/mol. The van der Waals surface area contributed by atoms with Crippen LogP contribution in [0, 0.1) is 11.3 Å². The van der Waals surface area contributed by atoms with E-state index < -0.39 is 12.0 Å². The number of nitrogens with one attached hydrogen (secondary N) is 1. The van der Waals surface area contributed by atoms with Crippen LogP contribution >= 0.6 is 0 Å². The van der Waals surface area contributed by atoms with Crippen molar-refractivity contribution in [3.05, 3.63) is 65.7 Å². The van der Waals surface area contributed by atoms with Crippen LogP contribution < -0.4 is 5.32 Å². The van der Waals surface area contributed by atoms with Crippen molar-refractivity contribution in [2.45, 2.75) is 20.0 Å². The van der Waals surface area contributed by atoms with Gasteiger partial charge in [-0.3, -0.25) is 10.1 Å². The lowest BCUT2D eigenvalue weighted by atomic mass is 10.0. The van der Waals surface area contributed by atoms with Gasteiger partial charge in [0.25, 0.3) is 5.91 Å².